The Balaban J connectivity index is 2.97. The van der Waals surface area contributed by atoms with Crippen LogP contribution in [0.1, 0.15) is 19.4 Å². The first-order valence-corrected chi connectivity index (χ1v) is 3.97. The lowest BCUT2D eigenvalue weighted by atomic mass is 10.1. The average Bonchev–Trinajstić information content (AvgIpc) is 1.85. The largest absolute Gasteiger partial charge is 0.0843 e. The lowest BCUT2D eigenvalue weighted by Crippen LogP contribution is -1.72. The second kappa shape index (κ2) is 3.59. The van der Waals surface area contributed by atoms with Crippen molar-refractivity contribution < 1.29 is 0 Å². The molecule has 0 bridgehead atoms. The number of hydrogen-bond donors (Lipinski definition) is 0. The van der Waals surface area contributed by atoms with Crippen molar-refractivity contribution in [2.75, 3.05) is 0 Å². The molecular formula is C10H11Cl. The lowest BCUT2D eigenvalue weighted by molar-refractivity contribution is 1.42. The SMILES string of the molecule is CC(C)=Cc1cccc(Cl)c1. The Labute approximate surface area is 72.5 Å². The number of allylic oxidation sites excluding steroid dienone is 1. The summed E-state index contributed by atoms with van der Waals surface area (Å²) in [5, 5.41) is 0.792. The topological polar surface area (TPSA) is 0 Å². The minimum Gasteiger partial charge on any atom is -0.0843 e. The molecule has 0 radical (unpaired) electrons. The Morgan fingerprint density at radius 2 is 2.09 bits per heavy atom. The second-order valence-electron chi connectivity index (χ2n) is 2.78. The smallest absolute Gasteiger partial charge is 0.0411 e. The van der Waals surface area contributed by atoms with Crippen LogP contribution in [0.5, 0.6) is 0 Å². The van der Waals surface area contributed by atoms with Gasteiger partial charge in [-0.25, -0.2) is 0 Å². The van der Waals surface area contributed by atoms with Crippen LogP contribution in [0.4, 0.5) is 0 Å². The average molecular weight is 167 g/mol. The molecule has 1 rings (SSSR count). The molecule has 0 saturated carbocycles. The quantitative estimate of drug-likeness (QED) is 0.596. The third-order valence-electron chi connectivity index (χ3n) is 1.30. The van der Waals surface area contributed by atoms with Gasteiger partial charge in [0.1, 0.15) is 0 Å². The maximum Gasteiger partial charge on any atom is 0.0411 e. The molecule has 1 aromatic carbocycles. The zero-order valence-electron chi connectivity index (χ0n) is 6.76. The van der Waals surface area contributed by atoms with Crippen LogP contribution >= 0.6 is 11.6 Å². The summed E-state index contributed by atoms with van der Waals surface area (Å²) >= 11 is 5.80. The Bertz CT molecular complexity index is 270. The van der Waals surface area contributed by atoms with Crippen LogP contribution in [0.15, 0.2) is 29.8 Å². The minimum atomic E-state index is 0.792. The Kier molecular flexibility index (Phi) is 2.72. The fourth-order valence-corrected chi connectivity index (χ4v) is 1.13. The predicted octanol–water partition coefficient (Wildman–Crippen LogP) is 3.76. The third-order valence-corrected chi connectivity index (χ3v) is 1.54. The maximum atomic E-state index is 5.80. The molecule has 0 saturated heterocycles. The van der Waals surface area contributed by atoms with Crippen LogP contribution in [0.3, 0.4) is 0 Å². The van der Waals surface area contributed by atoms with Gasteiger partial charge in [0.25, 0.3) is 0 Å². The molecule has 0 aliphatic carbocycles. The number of halogens is 1. The van der Waals surface area contributed by atoms with Crippen molar-refractivity contribution in [1.29, 1.82) is 0 Å². The fraction of sp³-hybridized carbons (Fsp3) is 0.200. The van der Waals surface area contributed by atoms with E-state index in [-0.39, 0.29) is 0 Å². The van der Waals surface area contributed by atoms with Gasteiger partial charge in [0, 0.05) is 5.02 Å². The van der Waals surface area contributed by atoms with E-state index in [0.29, 0.717) is 0 Å². The molecule has 0 aliphatic heterocycles. The van der Waals surface area contributed by atoms with Crippen LogP contribution in [0, 0.1) is 0 Å². The molecule has 1 heteroatoms. The van der Waals surface area contributed by atoms with Crippen molar-refractivity contribution in [1.82, 2.24) is 0 Å². The monoisotopic (exact) mass is 166 g/mol. The Hall–Kier alpha value is -0.750. The van der Waals surface area contributed by atoms with Gasteiger partial charge >= 0.3 is 0 Å². The highest BCUT2D eigenvalue weighted by Gasteiger charge is 1.88. The molecule has 1 aromatic rings. The minimum absolute atomic E-state index is 0.792. The van der Waals surface area contributed by atoms with E-state index in [2.05, 4.69) is 19.9 Å². The van der Waals surface area contributed by atoms with E-state index < -0.39 is 0 Å². The molecule has 0 spiro atoms. The molecular weight excluding hydrogens is 156 g/mol. The normalized spacial score (nSPS) is 9.36. The third kappa shape index (κ3) is 2.77. The molecule has 11 heavy (non-hydrogen) atoms. The van der Waals surface area contributed by atoms with Crippen molar-refractivity contribution in [3.05, 3.63) is 40.4 Å². The van der Waals surface area contributed by atoms with E-state index in [4.69, 9.17) is 11.6 Å². The Morgan fingerprint density at radius 1 is 1.36 bits per heavy atom. The summed E-state index contributed by atoms with van der Waals surface area (Å²) in [4.78, 5) is 0. The van der Waals surface area contributed by atoms with E-state index >= 15 is 0 Å². The molecule has 0 heterocycles. The van der Waals surface area contributed by atoms with Crippen LogP contribution in [0.2, 0.25) is 5.02 Å². The highest BCUT2D eigenvalue weighted by Crippen LogP contribution is 2.13. The standard InChI is InChI=1S/C10H11Cl/c1-8(2)6-9-4-3-5-10(11)7-9/h3-7H,1-2H3. The Morgan fingerprint density at radius 3 is 2.64 bits per heavy atom. The zero-order valence-corrected chi connectivity index (χ0v) is 7.52. The summed E-state index contributed by atoms with van der Waals surface area (Å²) in [7, 11) is 0. The van der Waals surface area contributed by atoms with Gasteiger partial charge in [0.05, 0.1) is 0 Å². The van der Waals surface area contributed by atoms with Crippen molar-refractivity contribution in [3.63, 3.8) is 0 Å². The number of benzene rings is 1. The lowest BCUT2D eigenvalue weighted by Gasteiger charge is -1.94. The summed E-state index contributed by atoms with van der Waals surface area (Å²) in [5.74, 6) is 0. The van der Waals surface area contributed by atoms with Crippen molar-refractivity contribution in [3.8, 4) is 0 Å². The van der Waals surface area contributed by atoms with Gasteiger partial charge < -0.3 is 0 Å². The maximum absolute atomic E-state index is 5.80. The summed E-state index contributed by atoms with van der Waals surface area (Å²) in [6.45, 7) is 4.14. The van der Waals surface area contributed by atoms with E-state index in [1.165, 1.54) is 5.57 Å². The zero-order chi connectivity index (χ0) is 8.27. The van der Waals surface area contributed by atoms with Gasteiger partial charge in [0.2, 0.25) is 0 Å². The first-order valence-electron chi connectivity index (χ1n) is 3.59. The van der Waals surface area contributed by atoms with Crippen molar-refractivity contribution >= 4 is 17.7 Å². The highest BCUT2D eigenvalue weighted by atomic mass is 35.5. The molecule has 0 fully saturated rings. The van der Waals surface area contributed by atoms with Gasteiger partial charge in [-0.15, -0.1) is 0 Å². The first kappa shape index (κ1) is 8.35. The van der Waals surface area contributed by atoms with Crippen LogP contribution in [-0.2, 0) is 0 Å². The van der Waals surface area contributed by atoms with Gasteiger partial charge in [-0.2, -0.15) is 0 Å². The van der Waals surface area contributed by atoms with Crippen LogP contribution < -0.4 is 0 Å². The van der Waals surface area contributed by atoms with Crippen molar-refractivity contribution in [2.45, 2.75) is 13.8 Å². The number of hydrogen-bond acceptors (Lipinski definition) is 0. The first-order chi connectivity index (χ1) is 5.18. The molecule has 0 aromatic heterocycles. The molecule has 0 unspecified atom stereocenters. The molecule has 0 amide bonds. The van der Waals surface area contributed by atoms with Crippen LogP contribution in [-0.4, -0.2) is 0 Å². The molecule has 0 aliphatic rings. The van der Waals surface area contributed by atoms with Gasteiger partial charge in [-0.1, -0.05) is 35.4 Å². The molecule has 0 nitrogen and oxygen atoms in total. The van der Waals surface area contributed by atoms with Gasteiger partial charge in [-0.3, -0.25) is 0 Å². The summed E-state index contributed by atoms with van der Waals surface area (Å²) in [6.07, 6.45) is 2.10. The van der Waals surface area contributed by atoms with E-state index in [0.717, 1.165) is 10.6 Å². The second-order valence-corrected chi connectivity index (χ2v) is 3.21. The highest BCUT2D eigenvalue weighted by molar-refractivity contribution is 6.30. The van der Waals surface area contributed by atoms with Gasteiger partial charge in [-0.05, 0) is 31.5 Å². The molecule has 58 valence electrons. The summed E-state index contributed by atoms with van der Waals surface area (Å²) < 4.78 is 0. The molecule has 0 atom stereocenters. The van der Waals surface area contributed by atoms with Crippen LogP contribution in [0.25, 0.3) is 6.08 Å². The predicted molar refractivity (Wildman–Crippen MR) is 50.8 cm³/mol. The molecule has 0 N–H and O–H groups in total. The van der Waals surface area contributed by atoms with E-state index in [1.54, 1.807) is 0 Å². The van der Waals surface area contributed by atoms with E-state index in [1.807, 2.05) is 24.3 Å². The van der Waals surface area contributed by atoms with Gasteiger partial charge in [0.15, 0.2) is 0 Å². The summed E-state index contributed by atoms with van der Waals surface area (Å²) in [5.41, 5.74) is 2.45. The fourth-order valence-electron chi connectivity index (χ4n) is 0.930. The summed E-state index contributed by atoms with van der Waals surface area (Å²) in [6, 6.07) is 7.83. The van der Waals surface area contributed by atoms with E-state index in [9.17, 15) is 0 Å². The number of rotatable bonds is 1. The van der Waals surface area contributed by atoms with Crippen molar-refractivity contribution in [2.24, 2.45) is 0 Å².